The number of hydrogen-bond donors (Lipinski definition) is 2. The van der Waals surface area contributed by atoms with E-state index in [-0.39, 0.29) is 18.5 Å². The molecule has 1 aromatic carbocycles. The van der Waals surface area contributed by atoms with E-state index in [1.807, 2.05) is 0 Å². The monoisotopic (exact) mass is 237 g/mol. The summed E-state index contributed by atoms with van der Waals surface area (Å²) in [6.45, 7) is 0. The molecule has 0 saturated heterocycles. The first-order chi connectivity index (χ1) is 7.34. The Balaban J connectivity index is 0.000000963. The second kappa shape index (κ2) is 4.48. The van der Waals surface area contributed by atoms with E-state index in [9.17, 15) is 5.11 Å². The Kier molecular flexibility index (Phi) is 3.22. The van der Waals surface area contributed by atoms with Crippen molar-refractivity contribution in [3.05, 3.63) is 34.7 Å². The number of nitrogens with one attached hydrogen (secondary N) is 1. The highest BCUT2D eigenvalue weighted by molar-refractivity contribution is 5.85. The smallest absolute Gasteiger partial charge is 0.0579 e. The van der Waals surface area contributed by atoms with Gasteiger partial charge in [0.15, 0.2) is 0 Å². The van der Waals surface area contributed by atoms with Crippen molar-refractivity contribution >= 4 is 24.2 Å². The van der Waals surface area contributed by atoms with Crippen LogP contribution in [0.1, 0.15) is 19.3 Å². The molecule has 1 aliphatic carbocycles. The van der Waals surface area contributed by atoms with Crippen molar-refractivity contribution in [3.8, 4) is 0 Å². The third kappa shape index (κ3) is 1.83. The molecular weight excluding hydrogens is 222 g/mol. The first kappa shape index (κ1) is 11.5. The average Bonchev–Trinajstić information content (AvgIpc) is 2.29. The van der Waals surface area contributed by atoms with Crippen molar-refractivity contribution in [3.63, 3.8) is 0 Å². The molecule has 2 atom stereocenters. The predicted molar refractivity (Wildman–Crippen MR) is 67.6 cm³/mol. The van der Waals surface area contributed by atoms with Crippen LogP contribution < -0.4 is 15.8 Å². The molecule has 86 valence electrons. The Morgan fingerprint density at radius 3 is 2.88 bits per heavy atom. The molecule has 1 heterocycles. The summed E-state index contributed by atoms with van der Waals surface area (Å²) in [6.07, 6.45) is 4.73. The van der Waals surface area contributed by atoms with Crippen LogP contribution in [-0.4, -0.2) is 17.3 Å². The van der Waals surface area contributed by atoms with E-state index in [0.29, 0.717) is 6.04 Å². The maximum absolute atomic E-state index is 9.71. The summed E-state index contributed by atoms with van der Waals surface area (Å²) in [6, 6.07) is 8.85. The lowest BCUT2D eigenvalue weighted by Gasteiger charge is -2.31. The number of benzene rings is 1. The molecular formula is C13H16ClNO. The first-order valence-corrected chi connectivity index (χ1v) is 5.57. The molecule has 0 radical (unpaired) electrons. The van der Waals surface area contributed by atoms with E-state index < -0.39 is 0 Å². The van der Waals surface area contributed by atoms with Gasteiger partial charge in [-0.1, -0.05) is 24.3 Å². The number of hydrogen-bond acceptors (Lipinski definition) is 2. The van der Waals surface area contributed by atoms with Crippen LogP contribution in [0.2, 0.25) is 0 Å². The first-order valence-electron chi connectivity index (χ1n) is 5.57. The van der Waals surface area contributed by atoms with Gasteiger partial charge in [-0.05, 0) is 35.3 Å². The van der Waals surface area contributed by atoms with Gasteiger partial charge in [-0.25, -0.2) is 0 Å². The number of halogens is 1. The molecule has 1 saturated carbocycles. The maximum Gasteiger partial charge on any atom is 0.0579 e. The lowest BCUT2D eigenvalue weighted by atomic mass is 9.85. The molecule has 3 rings (SSSR count). The lowest BCUT2D eigenvalue weighted by molar-refractivity contribution is 0.152. The molecule has 0 aromatic heterocycles. The Morgan fingerprint density at radius 1 is 1.19 bits per heavy atom. The van der Waals surface area contributed by atoms with Crippen LogP contribution in [0.25, 0.3) is 11.8 Å². The fraction of sp³-hybridized carbons (Fsp3) is 0.385. The van der Waals surface area contributed by atoms with E-state index >= 15 is 0 Å². The van der Waals surface area contributed by atoms with Crippen molar-refractivity contribution in [2.24, 2.45) is 0 Å². The number of fused-ring (bicyclic) bond motifs is 2. The second-order valence-corrected chi connectivity index (χ2v) is 4.41. The highest BCUT2D eigenvalue weighted by atomic mass is 35.5. The van der Waals surface area contributed by atoms with E-state index in [1.165, 1.54) is 16.0 Å². The van der Waals surface area contributed by atoms with E-state index in [1.54, 1.807) is 0 Å². The molecule has 1 fully saturated rings. The SMILES string of the molecule is Cl.OC1CCC2NC=c3ccccc3=C2C1. The summed E-state index contributed by atoms with van der Waals surface area (Å²) < 4.78 is 0. The minimum atomic E-state index is -0.149. The summed E-state index contributed by atoms with van der Waals surface area (Å²) in [5.74, 6) is 0. The number of aliphatic hydroxyl groups excluding tert-OH is 1. The highest BCUT2D eigenvalue weighted by Gasteiger charge is 2.25. The molecule has 2 N–H and O–H groups in total. The minimum absolute atomic E-state index is 0. The van der Waals surface area contributed by atoms with Crippen molar-refractivity contribution in [1.82, 2.24) is 5.32 Å². The highest BCUT2D eigenvalue weighted by Crippen LogP contribution is 2.24. The second-order valence-electron chi connectivity index (χ2n) is 4.41. The summed E-state index contributed by atoms with van der Waals surface area (Å²) >= 11 is 0. The maximum atomic E-state index is 9.71. The van der Waals surface area contributed by atoms with Gasteiger partial charge in [0.05, 0.1) is 6.10 Å². The van der Waals surface area contributed by atoms with Crippen LogP contribution in [0, 0.1) is 0 Å². The van der Waals surface area contributed by atoms with Gasteiger partial charge in [0.2, 0.25) is 0 Å². The fourth-order valence-electron chi connectivity index (χ4n) is 2.62. The van der Waals surface area contributed by atoms with Gasteiger partial charge in [-0.15, -0.1) is 12.4 Å². The van der Waals surface area contributed by atoms with Gasteiger partial charge in [-0.2, -0.15) is 0 Å². The standard InChI is InChI=1S/C13H15NO.ClH/c15-10-5-6-13-12(7-10)11-4-2-1-3-9(11)8-14-13;/h1-4,8,10,13-15H,5-7H2;1H. The van der Waals surface area contributed by atoms with Crippen molar-refractivity contribution in [2.75, 3.05) is 0 Å². The molecule has 2 aliphatic rings. The van der Waals surface area contributed by atoms with Crippen LogP contribution in [0.5, 0.6) is 0 Å². The van der Waals surface area contributed by atoms with Crippen LogP contribution >= 0.6 is 12.4 Å². The summed E-state index contributed by atoms with van der Waals surface area (Å²) in [5, 5.41) is 15.7. The van der Waals surface area contributed by atoms with Gasteiger partial charge in [0.1, 0.15) is 0 Å². The molecule has 1 aliphatic heterocycles. The Labute approximate surface area is 101 Å². The van der Waals surface area contributed by atoms with Gasteiger partial charge >= 0.3 is 0 Å². The zero-order chi connectivity index (χ0) is 10.3. The van der Waals surface area contributed by atoms with Crippen LogP contribution in [0.3, 0.4) is 0 Å². The van der Waals surface area contributed by atoms with Gasteiger partial charge in [-0.3, -0.25) is 0 Å². The minimum Gasteiger partial charge on any atom is -0.393 e. The summed E-state index contributed by atoms with van der Waals surface area (Å²) in [4.78, 5) is 0. The largest absolute Gasteiger partial charge is 0.393 e. The molecule has 2 nitrogen and oxygen atoms in total. The van der Waals surface area contributed by atoms with Gasteiger partial charge < -0.3 is 10.4 Å². The summed E-state index contributed by atoms with van der Waals surface area (Å²) in [5.41, 5.74) is 1.38. The molecule has 0 bridgehead atoms. The predicted octanol–water partition coefficient (Wildman–Crippen LogP) is 0.514. The summed E-state index contributed by atoms with van der Waals surface area (Å²) in [7, 11) is 0. The molecule has 1 aromatic rings. The lowest BCUT2D eigenvalue weighted by Crippen LogP contribution is -2.45. The third-order valence-corrected chi connectivity index (χ3v) is 3.41. The van der Waals surface area contributed by atoms with Crippen molar-refractivity contribution < 1.29 is 5.11 Å². The zero-order valence-corrected chi connectivity index (χ0v) is 9.83. The average molecular weight is 238 g/mol. The molecule has 3 heteroatoms. The normalized spacial score (nSPS) is 26.7. The Morgan fingerprint density at radius 2 is 2.00 bits per heavy atom. The van der Waals surface area contributed by atoms with Gasteiger partial charge in [0, 0.05) is 12.2 Å². The third-order valence-electron chi connectivity index (χ3n) is 3.41. The molecule has 0 spiro atoms. The van der Waals surface area contributed by atoms with Crippen molar-refractivity contribution in [2.45, 2.75) is 31.4 Å². The van der Waals surface area contributed by atoms with E-state index in [0.717, 1.165) is 19.3 Å². The van der Waals surface area contributed by atoms with Gasteiger partial charge in [0.25, 0.3) is 0 Å². The van der Waals surface area contributed by atoms with E-state index in [2.05, 4.69) is 35.8 Å². The van der Waals surface area contributed by atoms with Crippen LogP contribution in [-0.2, 0) is 0 Å². The Hall–Kier alpha value is -0.990. The number of rotatable bonds is 0. The van der Waals surface area contributed by atoms with Crippen LogP contribution in [0.4, 0.5) is 0 Å². The molecule has 16 heavy (non-hydrogen) atoms. The molecule has 0 amide bonds. The van der Waals surface area contributed by atoms with Crippen LogP contribution in [0.15, 0.2) is 24.3 Å². The zero-order valence-electron chi connectivity index (χ0n) is 9.02. The van der Waals surface area contributed by atoms with Crippen molar-refractivity contribution in [1.29, 1.82) is 0 Å². The Bertz CT molecular complexity index is 497. The quantitative estimate of drug-likeness (QED) is 0.690. The van der Waals surface area contributed by atoms with E-state index in [4.69, 9.17) is 0 Å². The fourth-order valence-corrected chi connectivity index (χ4v) is 2.62. The number of aliphatic hydroxyl groups is 1. The topological polar surface area (TPSA) is 32.3 Å². The molecule has 2 unspecified atom stereocenters.